The summed E-state index contributed by atoms with van der Waals surface area (Å²) in [5.41, 5.74) is 0. The summed E-state index contributed by atoms with van der Waals surface area (Å²) in [6.07, 6.45) is 3.61. The SMILES string of the molecule is CC=NC(C=N)C[C@H](N=COOC)C(=O)O. The Hall–Kier alpha value is -1.76. The normalized spacial score (nSPS) is 15.1. The average molecular weight is 229 g/mol. The molecule has 0 amide bonds. The Morgan fingerprint density at radius 3 is 2.69 bits per heavy atom. The van der Waals surface area contributed by atoms with Crippen LogP contribution in [-0.2, 0) is 14.6 Å². The van der Waals surface area contributed by atoms with Crippen LogP contribution in [0, 0.1) is 5.41 Å². The highest BCUT2D eigenvalue weighted by Crippen LogP contribution is 2.05. The number of aliphatic carboxylic acids is 1. The topological polar surface area (TPSA) is 104 Å². The first kappa shape index (κ1) is 14.2. The molecule has 2 N–H and O–H groups in total. The van der Waals surface area contributed by atoms with E-state index in [9.17, 15) is 4.79 Å². The fraction of sp³-hybridized carbons (Fsp3) is 0.556. The van der Waals surface area contributed by atoms with Crippen molar-refractivity contribution in [2.75, 3.05) is 7.11 Å². The minimum Gasteiger partial charge on any atom is -0.480 e. The molecule has 0 saturated heterocycles. The van der Waals surface area contributed by atoms with Gasteiger partial charge in [-0.25, -0.2) is 9.79 Å². The van der Waals surface area contributed by atoms with Crippen LogP contribution in [0.25, 0.3) is 0 Å². The van der Waals surface area contributed by atoms with Gasteiger partial charge >= 0.3 is 5.97 Å². The van der Waals surface area contributed by atoms with Crippen LogP contribution in [0.2, 0.25) is 0 Å². The molecule has 0 rings (SSSR count). The summed E-state index contributed by atoms with van der Waals surface area (Å²) in [6.45, 7) is 1.70. The molecule has 7 nitrogen and oxygen atoms in total. The molecule has 2 atom stereocenters. The Morgan fingerprint density at radius 2 is 2.25 bits per heavy atom. The Labute approximate surface area is 93.2 Å². The number of carboxylic acid groups (broad SMARTS) is 1. The average Bonchev–Trinajstić information content (AvgIpc) is 2.26. The molecule has 16 heavy (non-hydrogen) atoms. The van der Waals surface area contributed by atoms with Crippen molar-refractivity contribution in [1.82, 2.24) is 0 Å². The first-order valence-corrected chi connectivity index (χ1v) is 4.58. The number of hydrogen-bond acceptors (Lipinski definition) is 6. The second kappa shape index (κ2) is 8.54. The van der Waals surface area contributed by atoms with Crippen LogP contribution in [0.3, 0.4) is 0 Å². The number of aliphatic imine (C=N–C) groups is 2. The molecule has 7 heteroatoms. The highest BCUT2D eigenvalue weighted by atomic mass is 17.2. The van der Waals surface area contributed by atoms with Gasteiger partial charge in [-0.05, 0) is 13.1 Å². The summed E-state index contributed by atoms with van der Waals surface area (Å²) in [7, 11) is 1.28. The van der Waals surface area contributed by atoms with E-state index in [4.69, 9.17) is 10.5 Å². The Bertz CT molecular complexity index is 278. The van der Waals surface area contributed by atoms with Crippen LogP contribution in [0.1, 0.15) is 13.3 Å². The van der Waals surface area contributed by atoms with E-state index in [1.165, 1.54) is 13.3 Å². The lowest BCUT2D eigenvalue weighted by atomic mass is 10.1. The third-order valence-corrected chi connectivity index (χ3v) is 1.66. The van der Waals surface area contributed by atoms with Crippen molar-refractivity contribution in [3.05, 3.63) is 0 Å². The summed E-state index contributed by atoms with van der Waals surface area (Å²) in [4.78, 5) is 26.9. The molecule has 0 aliphatic rings. The van der Waals surface area contributed by atoms with Gasteiger partial charge in [-0.1, -0.05) is 0 Å². The molecular weight excluding hydrogens is 214 g/mol. The van der Waals surface area contributed by atoms with E-state index in [0.717, 1.165) is 12.6 Å². The van der Waals surface area contributed by atoms with Gasteiger partial charge in [0.25, 0.3) is 0 Å². The number of nitrogens with one attached hydrogen (secondary N) is 1. The van der Waals surface area contributed by atoms with Gasteiger partial charge in [0.1, 0.15) is 0 Å². The first-order valence-electron chi connectivity index (χ1n) is 4.58. The lowest BCUT2D eigenvalue weighted by molar-refractivity contribution is -0.188. The molecule has 0 aromatic carbocycles. The summed E-state index contributed by atoms with van der Waals surface area (Å²) in [5, 5.41) is 15.9. The van der Waals surface area contributed by atoms with Crippen LogP contribution < -0.4 is 0 Å². The Balaban J connectivity index is 4.42. The van der Waals surface area contributed by atoms with Gasteiger partial charge in [0.15, 0.2) is 6.04 Å². The highest BCUT2D eigenvalue weighted by molar-refractivity contribution is 5.76. The molecule has 0 aromatic heterocycles. The van der Waals surface area contributed by atoms with E-state index in [-0.39, 0.29) is 6.42 Å². The molecule has 0 radical (unpaired) electrons. The third kappa shape index (κ3) is 5.86. The fourth-order valence-electron chi connectivity index (χ4n) is 0.959. The quantitative estimate of drug-likeness (QED) is 0.274. The summed E-state index contributed by atoms with van der Waals surface area (Å²) < 4.78 is 0. The number of rotatable bonds is 8. The maximum Gasteiger partial charge on any atom is 0.328 e. The molecule has 1 unspecified atom stereocenters. The third-order valence-electron chi connectivity index (χ3n) is 1.66. The Morgan fingerprint density at radius 1 is 1.56 bits per heavy atom. The van der Waals surface area contributed by atoms with Crippen molar-refractivity contribution in [1.29, 1.82) is 5.41 Å². The van der Waals surface area contributed by atoms with Gasteiger partial charge < -0.3 is 15.4 Å². The van der Waals surface area contributed by atoms with Gasteiger partial charge in [0, 0.05) is 12.6 Å². The molecule has 90 valence electrons. The van der Waals surface area contributed by atoms with Gasteiger partial charge in [0.05, 0.1) is 13.2 Å². The van der Waals surface area contributed by atoms with E-state index < -0.39 is 18.1 Å². The molecule has 0 spiro atoms. The minimum atomic E-state index is -1.10. The molecule has 0 aromatic rings. The fourth-order valence-corrected chi connectivity index (χ4v) is 0.959. The number of hydrogen-bond donors (Lipinski definition) is 2. The van der Waals surface area contributed by atoms with Crippen LogP contribution >= 0.6 is 0 Å². The zero-order valence-electron chi connectivity index (χ0n) is 9.16. The smallest absolute Gasteiger partial charge is 0.328 e. The Kier molecular flexibility index (Phi) is 7.60. The van der Waals surface area contributed by atoms with Crippen molar-refractivity contribution in [2.24, 2.45) is 9.98 Å². The largest absolute Gasteiger partial charge is 0.480 e. The van der Waals surface area contributed by atoms with E-state index in [1.807, 2.05) is 0 Å². The molecule has 0 bridgehead atoms. The number of carbonyl (C=O) groups is 1. The lowest BCUT2D eigenvalue weighted by Gasteiger charge is -2.10. The zero-order valence-corrected chi connectivity index (χ0v) is 9.16. The number of carboxylic acids is 1. The molecule has 0 aliphatic heterocycles. The monoisotopic (exact) mass is 229 g/mol. The van der Waals surface area contributed by atoms with E-state index >= 15 is 0 Å². The maximum atomic E-state index is 10.8. The van der Waals surface area contributed by atoms with E-state index in [0.29, 0.717) is 0 Å². The second-order valence-corrected chi connectivity index (χ2v) is 2.75. The van der Waals surface area contributed by atoms with E-state index in [1.54, 1.807) is 6.92 Å². The first-order chi connectivity index (χ1) is 7.65. The van der Waals surface area contributed by atoms with E-state index in [2.05, 4.69) is 19.8 Å². The standard InChI is InChI=1S/C9H15N3O4/c1-3-11-7(5-10)4-8(9(13)14)12-6-16-15-2/h3,5-8,10H,4H2,1-2H3,(H,13,14)/t7?,8-/m0/s1. The molecule has 0 aliphatic carbocycles. The summed E-state index contributed by atoms with van der Waals surface area (Å²) in [5.74, 6) is -1.10. The van der Waals surface area contributed by atoms with Gasteiger partial charge in [-0.3, -0.25) is 4.99 Å². The van der Waals surface area contributed by atoms with Crippen LogP contribution in [0.4, 0.5) is 0 Å². The van der Waals surface area contributed by atoms with Gasteiger partial charge in [-0.2, -0.15) is 4.89 Å². The minimum absolute atomic E-state index is 0.104. The van der Waals surface area contributed by atoms with Gasteiger partial charge in [0.2, 0.25) is 6.40 Å². The lowest BCUT2D eigenvalue weighted by Crippen LogP contribution is -2.24. The van der Waals surface area contributed by atoms with Crippen LogP contribution in [0.5, 0.6) is 0 Å². The molecule has 0 fully saturated rings. The van der Waals surface area contributed by atoms with Crippen molar-refractivity contribution in [3.8, 4) is 0 Å². The maximum absolute atomic E-state index is 10.8. The predicted molar refractivity (Wildman–Crippen MR) is 59.4 cm³/mol. The van der Waals surface area contributed by atoms with Crippen molar-refractivity contribution in [2.45, 2.75) is 25.4 Å². The number of nitrogens with zero attached hydrogens (tertiary/aromatic N) is 2. The van der Waals surface area contributed by atoms with Crippen molar-refractivity contribution in [3.63, 3.8) is 0 Å². The predicted octanol–water partition coefficient (Wildman–Crippen LogP) is 0.545. The highest BCUT2D eigenvalue weighted by Gasteiger charge is 2.19. The van der Waals surface area contributed by atoms with Crippen LogP contribution in [0.15, 0.2) is 9.98 Å². The van der Waals surface area contributed by atoms with Crippen molar-refractivity contribution >= 4 is 24.8 Å². The zero-order chi connectivity index (χ0) is 12.4. The molecule has 0 saturated carbocycles. The molecular formula is C9H15N3O4. The second-order valence-electron chi connectivity index (χ2n) is 2.75. The van der Waals surface area contributed by atoms with Crippen molar-refractivity contribution < 1.29 is 19.7 Å². The summed E-state index contributed by atoms with van der Waals surface area (Å²) >= 11 is 0. The molecule has 0 heterocycles. The van der Waals surface area contributed by atoms with Crippen LogP contribution in [-0.4, -0.2) is 49.1 Å². The van der Waals surface area contributed by atoms with Gasteiger partial charge in [-0.15, -0.1) is 0 Å². The summed E-state index contributed by atoms with van der Waals surface area (Å²) in [6, 6.07) is -1.50.